The van der Waals surface area contributed by atoms with Crippen LogP contribution in [-0.2, 0) is 11.2 Å². The molecule has 0 aliphatic rings. The molecule has 23 heavy (non-hydrogen) atoms. The number of carbonyl (C=O) groups is 1. The molecular weight excluding hydrogens is 310 g/mol. The third-order valence-electron chi connectivity index (χ3n) is 3.49. The molecule has 3 rings (SSSR count). The van der Waals surface area contributed by atoms with Crippen LogP contribution in [0.5, 0.6) is 5.75 Å². The summed E-state index contributed by atoms with van der Waals surface area (Å²) in [7, 11) is 1.62. The zero-order chi connectivity index (χ0) is 16.2. The van der Waals surface area contributed by atoms with Crippen molar-refractivity contribution in [2.45, 2.75) is 13.3 Å². The predicted octanol–water partition coefficient (Wildman–Crippen LogP) is 3.64. The Balaban J connectivity index is 1.74. The van der Waals surface area contributed by atoms with Crippen molar-refractivity contribution >= 4 is 22.9 Å². The molecule has 2 aromatic heterocycles. The molecule has 0 unspecified atom stereocenters. The van der Waals surface area contributed by atoms with E-state index in [1.807, 2.05) is 48.7 Å². The van der Waals surface area contributed by atoms with Gasteiger partial charge in [-0.15, -0.1) is 11.3 Å². The standard InChI is InChI=1S/C17H17N3O2S/c1-11-16(17(20-19-11)14-4-3-9-23-14)18-15(21)10-12-5-7-13(22-2)8-6-12/h3-9H,10H2,1-2H3,(H,18,21)(H,19,20). The molecule has 0 aliphatic carbocycles. The second kappa shape index (κ2) is 6.66. The number of anilines is 1. The molecule has 118 valence electrons. The summed E-state index contributed by atoms with van der Waals surface area (Å²) in [5.74, 6) is 0.706. The SMILES string of the molecule is COc1ccc(CC(=O)Nc2c(-c3cccs3)n[nH]c2C)cc1. The van der Waals surface area contributed by atoms with Crippen molar-refractivity contribution < 1.29 is 9.53 Å². The lowest BCUT2D eigenvalue weighted by molar-refractivity contribution is -0.115. The van der Waals surface area contributed by atoms with Crippen molar-refractivity contribution in [1.29, 1.82) is 0 Å². The molecular formula is C17H17N3O2S. The molecule has 0 atom stereocenters. The molecule has 5 nitrogen and oxygen atoms in total. The van der Waals surface area contributed by atoms with Gasteiger partial charge in [-0.3, -0.25) is 9.89 Å². The summed E-state index contributed by atoms with van der Waals surface area (Å²) in [5.41, 5.74) is 3.30. The second-order valence-corrected chi connectivity index (χ2v) is 6.07. The molecule has 2 N–H and O–H groups in total. The third kappa shape index (κ3) is 3.43. The number of methoxy groups -OCH3 is 1. The van der Waals surface area contributed by atoms with Crippen LogP contribution < -0.4 is 10.1 Å². The van der Waals surface area contributed by atoms with E-state index in [1.54, 1.807) is 18.4 Å². The van der Waals surface area contributed by atoms with Gasteiger partial charge in [-0.25, -0.2) is 0 Å². The summed E-state index contributed by atoms with van der Waals surface area (Å²) in [4.78, 5) is 13.4. The van der Waals surface area contributed by atoms with Gasteiger partial charge in [0.05, 0.1) is 29.8 Å². The van der Waals surface area contributed by atoms with Crippen molar-refractivity contribution in [3.8, 4) is 16.3 Å². The van der Waals surface area contributed by atoms with E-state index in [0.29, 0.717) is 6.42 Å². The van der Waals surface area contributed by atoms with Crippen molar-refractivity contribution in [2.24, 2.45) is 0 Å². The number of rotatable bonds is 5. The van der Waals surface area contributed by atoms with Crippen LogP contribution in [0.1, 0.15) is 11.3 Å². The number of aryl methyl sites for hydroxylation is 1. The fourth-order valence-corrected chi connectivity index (χ4v) is 3.01. The first kappa shape index (κ1) is 15.3. The van der Waals surface area contributed by atoms with E-state index in [1.165, 1.54) is 0 Å². The van der Waals surface area contributed by atoms with Crippen molar-refractivity contribution in [3.63, 3.8) is 0 Å². The van der Waals surface area contributed by atoms with Crippen LogP contribution in [0, 0.1) is 6.92 Å². The van der Waals surface area contributed by atoms with E-state index in [9.17, 15) is 4.79 Å². The number of hydrogen-bond donors (Lipinski definition) is 2. The van der Waals surface area contributed by atoms with Crippen LogP contribution in [-0.4, -0.2) is 23.2 Å². The molecule has 0 saturated heterocycles. The van der Waals surface area contributed by atoms with Gasteiger partial charge in [0.25, 0.3) is 0 Å². The highest BCUT2D eigenvalue weighted by atomic mass is 32.1. The lowest BCUT2D eigenvalue weighted by Gasteiger charge is -2.07. The Kier molecular flexibility index (Phi) is 4.43. The first-order valence-electron chi connectivity index (χ1n) is 7.19. The summed E-state index contributed by atoms with van der Waals surface area (Å²) in [6.45, 7) is 1.90. The maximum atomic E-state index is 12.3. The zero-order valence-electron chi connectivity index (χ0n) is 12.9. The third-order valence-corrected chi connectivity index (χ3v) is 4.37. The Morgan fingerprint density at radius 2 is 2.09 bits per heavy atom. The van der Waals surface area contributed by atoms with Gasteiger partial charge in [0.2, 0.25) is 5.91 Å². The Bertz CT molecular complexity index is 792. The minimum atomic E-state index is -0.0718. The molecule has 1 aromatic carbocycles. The number of aromatic amines is 1. The summed E-state index contributed by atoms with van der Waals surface area (Å²) < 4.78 is 5.12. The largest absolute Gasteiger partial charge is 0.497 e. The van der Waals surface area contributed by atoms with Crippen LogP contribution in [0.3, 0.4) is 0 Å². The number of H-pyrrole nitrogens is 1. The number of hydrogen-bond acceptors (Lipinski definition) is 4. The van der Waals surface area contributed by atoms with E-state index in [0.717, 1.165) is 33.3 Å². The first-order valence-corrected chi connectivity index (χ1v) is 8.07. The number of aromatic nitrogens is 2. The smallest absolute Gasteiger partial charge is 0.228 e. The number of nitrogens with zero attached hydrogens (tertiary/aromatic N) is 1. The summed E-state index contributed by atoms with van der Waals surface area (Å²) in [6, 6.07) is 11.4. The molecule has 0 radical (unpaired) electrons. The molecule has 6 heteroatoms. The van der Waals surface area contributed by atoms with Crippen LogP contribution in [0.2, 0.25) is 0 Å². The molecule has 1 amide bonds. The van der Waals surface area contributed by atoms with E-state index >= 15 is 0 Å². The zero-order valence-corrected chi connectivity index (χ0v) is 13.7. The minimum absolute atomic E-state index is 0.0718. The Hall–Kier alpha value is -2.60. The van der Waals surface area contributed by atoms with E-state index in [2.05, 4.69) is 15.5 Å². The average molecular weight is 327 g/mol. The highest BCUT2D eigenvalue weighted by Crippen LogP contribution is 2.31. The molecule has 0 saturated carbocycles. The van der Waals surface area contributed by atoms with Crippen molar-refractivity contribution in [2.75, 3.05) is 12.4 Å². The minimum Gasteiger partial charge on any atom is -0.497 e. The van der Waals surface area contributed by atoms with Crippen molar-refractivity contribution in [1.82, 2.24) is 10.2 Å². The van der Waals surface area contributed by atoms with Crippen LogP contribution >= 0.6 is 11.3 Å². The topological polar surface area (TPSA) is 67.0 Å². The maximum Gasteiger partial charge on any atom is 0.228 e. The maximum absolute atomic E-state index is 12.3. The van der Waals surface area contributed by atoms with Gasteiger partial charge >= 0.3 is 0 Å². The average Bonchev–Trinajstić information content (AvgIpc) is 3.19. The van der Waals surface area contributed by atoms with E-state index in [4.69, 9.17) is 4.74 Å². The second-order valence-electron chi connectivity index (χ2n) is 5.12. The predicted molar refractivity (Wildman–Crippen MR) is 92.0 cm³/mol. The molecule has 0 fully saturated rings. The highest BCUT2D eigenvalue weighted by molar-refractivity contribution is 7.13. The monoisotopic (exact) mass is 327 g/mol. The Labute approximate surface area is 138 Å². The number of amides is 1. The van der Waals surface area contributed by atoms with E-state index in [-0.39, 0.29) is 5.91 Å². The Morgan fingerprint density at radius 1 is 1.30 bits per heavy atom. The van der Waals surface area contributed by atoms with Crippen LogP contribution in [0.4, 0.5) is 5.69 Å². The van der Waals surface area contributed by atoms with Gasteiger partial charge in [-0.05, 0) is 36.1 Å². The van der Waals surface area contributed by atoms with Crippen molar-refractivity contribution in [3.05, 3.63) is 53.0 Å². The van der Waals surface area contributed by atoms with Gasteiger partial charge in [0.15, 0.2) is 0 Å². The van der Waals surface area contributed by atoms with Gasteiger partial charge in [0.1, 0.15) is 11.4 Å². The summed E-state index contributed by atoms with van der Waals surface area (Å²) in [6.07, 6.45) is 0.304. The molecule has 0 aliphatic heterocycles. The summed E-state index contributed by atoms with van der Waals surface area (Å²) in [5, 5.41) is 12.2. The normalized spacial score (nSPS) is 10.5. The molecule has 0 spiro atoms. The lowest BCUT2D eigenvalue weighted by Crippen LogP contribution is -2.15. The first-order chi connectivity index (χ1) is 11.2. The fourth-order valence-electron chi connectivity index (χ4n) is 2.29. The number of nitrogens with one attached hydrogen (secondary N) is 2. The van der Waals surface area contributed by atoms with Crippen LogP contribution in [0.15, 0.2) is 41.8 Å². The fraction of sp³-hybridized carbons (Fsp3) is 0.176. The number of benzene rings is 1. The van der Waals surface area contributed by atoms with Crippen LogP contribution in [0.25, 0.3) is 10.6 Å². The van der Waals surface area contributed by atoms with Gasteiger partial charge in [-0.1, -0.05) is 18.2 Å². The number of ether oxygens (including phenoxy) is 1. The number of thiophene rings is 1. The van der Waals surface area contributed by atoms with Gasteiger partial charge < -0.3 is 10.1 Å². The quantitative estimate of drug-likeness (QED) is 0.752. The van der Waals surface area contributed by atoms with Gasteiger partial charge in [-0.2, -0.15) is 5.10 Å². The molecule has 3 aromatic rings. The summed E-state index contributed by atoms with van der Waals surface area (Å²) >= 11 is 1.59. The number of carbonyl (C=O) groups excluding carboxylic acids is 1. The molecule has 0 bridgehead atoms. The highest BCUT2D eigenvalue weighted by Gasteiger charge is 2.15. The molecule has 2 heterocycles. The van der Waals surface area contributed by atoms with E-state index < -0.39 is 0 Å². The Morgan fingerprint density at radius 3 is 2.74 bits per heavy atom. The van der Waals surface area contributed by atoms with Gasteiger partial charge in [0, 0.05) is 0 Å². The lowest BCUT2D eigenvalue weighted by atomic mass is 10.1.